The minimum absolute atomic E-state index is 0.115. The second-order valence-corrected chi connectivity index (χ2v) is 5.18. The molecule has 0 saturated heterocycles. The summed E-state index contributed by atoms with van der Waals surface area (Å²) >= 11 is 0. The minimum atomic E-state index is -0.169. The van der Waals surface area contributed by atoms with Crippen LogP contribution in [0.15, 0.2) is 0 Å². The third-order valence-electron chi connectivity index (χ3n) is 3.16. The van der Waals surface area contributed by atoms with Crippen molar-refractivity contribution in [3.8, 4) is 0 Å². The molecule has 19 heavy (non-hydrogen) atoms. The lowest BCUT2D eigenvalue weighted by atomic mass is 10.1. The summed E-state index contributed by atoms with van der Waals surface area (Å²) in [6.07, 6.45) is 2.99. The molecule has 1 unspecified atom stereocenters. The Bertz CT molecular complexity index is 232. The van der Waals surface area contributed by atoms with E-state index in [0.29, 0.717) is 12.6 Å². The largest absolute Gasteiger partial charge is 0.465 e. The van der Waals surface area contributed by atoms with Gasteiger partial charge in [0.2, 0.25) is 0 Å². The van der Waals surface area contributed by atoms with Crippen LogP contribution in [0.2, 0.25) is 0 Å². The number of esters is 1. The number of nitrogens with one attached hydrogen (secondary N) is 1. The minimum Gasteiger partial charge on any atom is -0.465 e. The summed E-state index contributed by atoms with van der Waals surface area (Å²) in [4.78, 5) is 14.3. The van der Waals surface area contributed by atoms with Crippen LogP contribution in [0, 0.1) is 0 Å². The van der Waals surface area contributed by atoms with E-state index in [0.717, 1.165) is 38.9 Å². The molecule has 0 rings (SSSR count). The fourth-order valence-electron chi connectivity index (χ4n) is 2.08. The van der Waals surface area contributed by atoms with Gasteiger partial charge in [-0.15, -0.1) is 0 Å². The Hall–Kier alpha value is -0.610. The summed E-state index contributed by atoms with van der Waals surface area (Å²) in [5, 5.41) is 3.29. The summed E-state index contributed by atoms with van der Waals surface area (Å²) in [5.41, 5.74) is 0. The lowest BCUT2D eigenvalue weighted by Gasteiger charge is -2.27. The fraction of sp³-hybridized carbons (Fsp3) is 0.933. The van der Waals surface area contributed by atoms with Gasteiger partial charge in [0.25, 0.3) is 0 Å². The molecule has 0 fully saturated rings. The molecule has 1 atom stereocenters. The number of carbonyl (C=O) groups is 1. The first kappa shape index (κ1) is 18.4. The normalized spacial score (nSPS) is 13.0. The number of hydrogen-bond donors (Lipinski definition) is 1. The standard InChI is InChI=1S/C15H32N2O2/c1-6-10-16-14(15(18)19-8-3)9-12-17(11-7-2)13(4)5/h13-14,16H,6-12H2,1-5H3. The van der Waals surface area contributed by atoms with Crippen molar-refractivity contribution in [1.29, 1.82) is 0 Å². The number of hydrogen-bond acceptors (Lipinski definition) is 4. The number of rotatable bonds is 11. The van der Waals surface area contributed by atoms with Crippen molar-refractivity contribution in [3.63, 3.8) is 0 Å². The van der Waals surface area contributed by atoms with Gasteiger partial charge in [0.05, 0.1) is 6.61 Å². The quantitative estimate of drug-likeness (QED) is 0.587. The van der Waals surface area contributed by atoms with Gasteiger partial charge in [-0.3, -0.25) is 4.79 Å². The summed E-state index contributed by atoms with van der Waals surface area (Å²) in [5.74, 6) is -0.115. The lowest BCUT2D eigenvalue weighted by Crippen LogP contribution is -2.42. The van der Waals surface area contributed by atoms with Gasteiger partial charge in [0.1, 0.15) is 6.04 Å². The van der Waals surface area contributed by atoms with E-state index in [-0.39, 0.29) is 12.0 Å². The zero-order valence-corrected chi connectivity index (χ0v) is 13.4. The van der Waals surface area contributed by atoms with E-state index in [4.69, 9.17) is 4.74 Å². The molecule has 0 spiro atoms. The maximum absolute atomic E-state index is 11.9. The third kappa shape index (κ3) is 8.22. The molecule has 0 aliphatic heterocycles. The van der Waals surface area contributed by atoms with Crippen molar-refractivity contribution in [2.75, 3.05) is 26.2 Å². The average Bonchev–Trinajstić information content (AvgIpc) is 2.37. The molecule has 0 aliphatic carbocycles. The summed E-state index contributed by atoms with van der Waals surface area (Å²) in [6.45, 7) is 13.9. The third-order valence-corrected chi connectivity index (χ3v) is 3.16. The Balaban J connectivity index is 4.32. The highest BCUT2D eigenvalue weighted by molar-refractivity contribution is 5.75. The Morgan fingerprint density at radius 1 is 1.16 bits per heavy atom. The molecule has 0 bridgehead atoms. The van der Waals surface area contributed by atoms with Crippen molar-refractivity contribution >= 4 is 5.97 Å². The van der Waals surface area contributed by atoms with Gasteiger partial charge in [-0.1, -0.05) is 13.8 Å². The van der Waals surface area contributed by atoms with Crippen LogP contribution in [-0.2, 0) is 9.53 Å². The van der Waals surface area contributed by atoms with Gasteiger partial charge < -0.3 is 15.0 Å². The summed E-state index contributed by atoms with van der Waals surface area (Å²) in [7, 11) is 0. The molecule has 0 aliphatic rings. The number of ether oxygens (including phenoxy) is 1. The zero-order chi connectivity index (χ0) is 14.7. The van der Waals surface area contributed by atoms with E-state index < -0.39 is 0 Å². The van der Waals surface area contributed by atoms with Gasteiger partial charge in [-0.25, -0.2) is 0 Å². The van der Waals surface area contributed by atoms with E-state index in [2.05, 4.69) is 37.9 Å². The van der Waals surface area contributed by atoms with Crippen molar-refractivity contribution in [1.82, 2.24) is 10.2 Å². The predicted octanol–water partition coefficient (Wildman–Crippen LogP) is 2.43. The molecular weight excluding hydrogens is 240 g/mol. The second kappa shape index (κ2) is 11.2. The molecule has 0 aromatic carbocycles. The lowest BCUT2D eigenvalue weighted by molar-refractivity contribution is -0.146. The second-order valence-electron chi connectivity index (χ2n) is 5.18. The maximum Gasteiger partial charge on any atom is 0.323 e. The predicted molar refractivity (Wildman–Crippen MR) is 80.3 cm³/mol. The van der Waals surface area contributed by atoms with Crippen molar-refractivity contribution < 1.29 is 9.53 Å². The Morgan fingerprint density at radius 3 is 2.32 bits per heavy atom. The first-order valence-electron chi connectivity index (χ1n) is 7.70. The van der Waals surface area contributed by atoms with Crippen LogP contribution in [0.5, 0.6) is 0 Å². The van der Waals surface area contributed by atoms with Crippen LogP contribution < -0.4 is 5.32 Å². The van der Waals surface area contributed by atoms with Crippen molar-refractivity contribution in [2.45, 2.75) is 66.0 Å². The molecular formula is C15H32N2O2. The van der Waals surface area contributed by atoms with Crippen LogP contribution in [0.4, 0.5) is 0 Å². The van der Waals surface area contributed by atoms with E-state index in [9.17, 15) is 4.79 Å². The van der Waals surface area contributed by atoms with E-state index in [1.165, 1.54) is 0 Å². The van der Waals surface area contributed by atoms with Crippen LogP contribution >= 0.6 is 0 Å². The molecule has 0 saturated carbocycles. The number of carbonyl (C=O) groups excluding carboxylic acids is 1. The van der Waals surface area contributed by atoms with Crippen molar-refractivity contribution in [2.24, 2.45) is 0 Å². The van der Waals surface area contributed by atoms with Crippen LogP contribution in [0.3, 0.4) is 0 Å². The molecule has 0 heterocycles. The Labute approximate surface area is 118 Å². The zero-order valence-electron chi connectivity index (χ0n) is 13.4. The van der Waals surface area contributed by atoms with Crippen molar-refractivity contribution in [3.05, 3.63) is 0 Å². The van der Waals surface area contributed by atoms with Gasteiger partial charge in [-0.05, 0) is 53.1 Å². The monoisotopic (exact) mass is 272 g/mol. The van der Waals surface area contributed by atoms with E-state index >= 15 is 0 Å². The van der Waals surface area contributed by atoms with Gasteiger partial charge >= 0.3 is 5.97 Å². The SMILES string of the molecule is CCCNC(CCN(CCC)C(C)C)C(=O)OCC. The molecule has 0 amide bonds. The molecule has 0 radical (unpaired) electrons. The highest BCUT2D eigenvalue weighted by Crippen LogP contribution is 2.05. The molecule has 0 aromatic heterocycles. The topological polar surface area (TPSA) is 41.6 Å². The summed E-state index contributed by atoms with van der Waals surface area (Å²) in [6, 6.07) is 0.354. The molecule has 114 valence electrons. The van der Waals surface area contributed by atoms with Gasteiger partial charge in [0.15, 0.2) is 0 Å². The van der Waals surface area contributed by atoms with Crippen LogP contribution in [0.25, 0.3) is 0 Å². The highest BCUT2D eigenvalue weighted by atomic mass is 16.5. The van der Waals surface area contributed by atoms with E-state index in [1.807, 2.05) is 6.92 Å². The van der Waals surface area contributed by atoms with Gasteiger partial charge in [-0.2, -0.15) is 0 Å². The molecule has 1 N–H and O–H groups in total. The fourth-order valence-corrected chi connectivity index (χ4v) is 2.08. The smallest absolute Gasteiger partial charge is 0.323 e. The first-order valence-corrected chi connectivity index (χ1v) is 7.70. The van der Waals surface area contributed by atoms with Crippen LogP contribution in [-0.4, -0.2) is 49.2 Å². The molecule has 0 aromatic rings. The Morgan fingerprint density at radius 2 is 1.84 bits per heavy atom. The first-order chi connectivity index (χ1) is 9.06. The highest BCUT2D eigenvalue weighted by Gasteiger charge is 2.20. The van der Waals surface area contributed by atoms with Gasteiger partial charge in [0, 0.05) is 12.6 Å². The van der Waals surface area contributed by atoms with Crippen LogP contribution in [0.1, 0.15) is 53.9 Å². The molecule has 4 nitrogen and oxygen atoms in total. The Kier molecular flexibility index (Phi) is 10.9. The maximum atomic E-state index is 11.9. The van der Waals surface area contributed by atoms with E-state index in [1.54, 1.807) is 0 Å². The molecule has 4 heteroatoms. The average molecular weight is 272 g/mol. The summed E-state index contributed by atoms with van der Waals surface area (Å²) < 4.78 is 5.13. The number of nitrogens with zero attached hydrogens (tertiary/aromatic N) is 1.